The molecule has 1 fully saturated rings. The average Bonchev–Trinajstić information content (AvgIpc) is 3.35. The van der Waals surface area contributed by atoms with Gasteiger partial charge in [0.1, 0.15) is 5.01 Å². The molecular formula is C23H20N2O3S2. The average molecular weight is 437 g/mol. The Balaban J connectivity index is 1.66. The number of esters is 1. The van der Waals surface area contributed by atoms with Gasteiger partial charge in [0.05, 0.1) is 29.5 Å². The number of hydrogen-bond acceptors (Lipinski definition) is 6. The minimum absolute atomic E-state index is 0.00808. The molecule has 0 atom stereocenters. The number of benzene rings is 2. The second-order valence-electron chi connectivity index (χ2n) is 6.59. The second kappa shape index (κ2) is 9.28. The summed E-state index contributed by atoms with van der Waals surface area (Å²) < 4.78 is 5.13. The number of aromatic nitrogens is 1. The van der Waals surface area contributed by atoms with Crippen LogP contribution in [-0.4, -0.2) is 29.2 Å². The van der Waals surface area contributed by atoms with Gasteiger partial charge in [-0.15, -0.1) is 11.3 Å². The Bertz CT molecular complexity index is 1090. The van der Waals surface area contributed by atoms with Crippen LogP contribution in [0, 0.1) is 0 Å². The fourth-order valence-corrected chi connectivity index (χ4v) is 4.94. The first-order chi connectivity index (χ1) is 14.6. The molecule has 1 aliphatic heterocycles. The summed E-state index contributed by atoms with van der Waals surface area (Å²) >= 11 is 2.90. The van der Waals surface area contributed by atoms with E-state index in [2.05, 4.69) is 29.6 Å². The SMILES string of the molecule is CCOC(=O)Cc1sc(/C=C2\NC(=O)CS2)nc1-c1ccc(-c2ccccc2)cc1. The fraction of sp³-hybridized carbons (Fsp3) is 0.174. The molecule has 2 heterocycles. The number of nitrogens with zero attached hydrogens (tertiary/aromatic N) is 1. The Kier molecular flexibility index (Phi) is 6.30. The van der Waals surface area contributed by atoms with Crippen LogP contribution in [-0.2, 0) is 20.7 Å². The molecule has 1 aliphatic rings. The maximum atomic E-state index is 12.1. The lowest BCUT2D eigenvalue weighted by molar-refractivity contribution is -0.142. The normalized spacial score (nSPS) is 14.7. The van der Waals surface area contributed by atoms with Crippen LogP contribution >= 0.6 is 23.1 Å². The van der Waals surface area contributed by atoms with Crippen molar-refractivity contribution in [1.29, 1.82) is 0 Å². The van der Waals surface area contributed by atoms with Gasteiger partial charge in [-0.3, -0.25) is 9.59 Å². The number of thioether (sulfide) groups is 1. The molecule has 1 amide bonds. The first-order valence-corrected chi connectivity index (χ1v) is 11.4. The fourth-order valence-electron chi connectivity index (χ4n) is 3.11. The molecule has 1 N–H and O–H groups in total. The lowest BCUT2D eigenvalue weighted by Gasteiger charge is -2.05. The van der Waals surface area contributed by atoms with Gasteiger partial charge >= 0.3 is 5.97 Å². The van der Waals surface area contributed by atoms with Crippen molar-refractivity contribution in [2.45, 2.75) is 13.3 Å². The van der Waals surface area contributed by atoms with E-state index in [0.717, 1.165) is 37.3 Å². The Labute approximate surface area is 183 Å². The topological polar surface area (TPSA) is 68.3 Å². The van der Waals surface area contributed by atoms with Gasteiger partial charge in [-0.05, 0) is 18.1 Å². The van der Waals surface area contributed by atoms with Crippen LogP contribution in [0.2, 0.25) is 0 Å². The molecule has 0 bridgehead atoms. The molecule has 30 heavy (non-hydrogen) atoms. The van der Waals surface area contributed by atoms with E-state index < -0.39 is 0 Å². The van der Waals surface area contributed by atoms with Crippen LogP contribution in [0.3, 0.4) is 0 Å². The summed E-state index contributed by atoms with van der Waals surface area (Å²) in [6.07, 6.45) is 2.03. The van der Waals surface area contributed by atoms with E-state index in [1.54, 1.807) is 6.92 Å². The molecular weight excluding hydrogens is 416 g/mol. The van der Waals surface area contributed by atoms with Crippen molar-refractivity contribution < 1.29 is 14.3 Å². The largest absolute Gasteiger partial charge is 0.466 e. The summed E-state index contributed by atoms with van der Waals surface area (Å²) in [5.74, 6) is 0.137. The Morgan fingerprint density at radius 3 is 2.47 bits per heavy atom. The van der Waals surface area contributed by atoms with Crippen molar-refractivity contribution in [1.82, 2.24) is 10.3 Å². The zero-order valence-corrected chi connectivity index (χ0v) is 18.0. The summed E-state index contributed by atoms with van der Waals surface area (Å²) in [6, 6.07) is 18.3. The standard InChI is InChI=1S/C23H20N2O3S2/c1-2-28-22(27)12-18-23(25-21(30-18)13-20-24-19(26)14-29-20)17-10-8-16(9-11-17)15-6-4-3-5-7-15/h3-11,13H,2,12,14H2,1H3,(H,24,26)/b20-13+. The Hall–Kier alpha value is -2.90. The molecule has 0 aliphatic carbocycles. The monoisotopic (exact) mass is 436 g/mol. The molecule has 0 radical (unpaired) electrons. The van der Waals surface area contributed by atoms with Gasteiger partial charge in [0.2, 0.25) is 5.91 Å². The molecule has 7 heteroatoms. The predicted molar refractivity (Wildman–Crippen MR) is 122 cm³/mol. The summed E-state index contributed by atoms with van der Waals surface area (Å²) in [4.78, 5) is 29.2. The summed E-state index contributed by atoms with van der Waals surface area (Å²) in [6.45, 7) is 2.14. The Morgan fingerprint density at radius 2 is 1.80 bits per heavy atom. The highest BCUT2D eigenvalue weighted by atomic mass is 32.2. The lowest BCUT2D eigenvalue weighted by atomic mass is 10.0. The third-order valence-electron chi connectivity index (χ3n) is 4.47. The van der Waals surface area contributed by atoms with Crippen molar-refractivity contribution in [3.8, 4) is 22.4 Å². The lowest BCUT2D eigenvalue weighted by Crippen LogP contribution is -2.13. The van der Waals surface area contributed by atoms with Crippen LogP contribution in [0.25, 0.3) is 28.5 Å². The highest BCUT2D eigenvalue weighted by Crippen LogP contribution is 2.33. The molecule has 1 aromatic heterocycles. The maximum Gasteiger partial charge on any atom is 0.311 e. The minimum atomic E-state index is -0.272. The van der Waals surface area contributed by atoms with Crippen molar-refractivity contribution in [3.63, 3.8) is 0 Å². The zero-order valence-electron chi connectivity index (χ0n) is 16.4. The molecule has 2 aromatic carbocycles. The number of ether oxygens (including phenoxy) is 1. The van der Waals surface area contributed by atoms with E-state index in [9.17, 15) is 9.59 Å². The van der Waals surface area contributed by atoms with E-state index in [1.165, 1.54) is 23.1 Å². The number of nitrogens with one attached hydrogen (secondary N) is 1. The summed E-state index contributed by atoms with van der Waals surface area (Å²) in [5, 5.41) is 4.35. The van der Waals surface area contributed by atoms with E-state index in [0.29, 0.717) is 12.4 Å². The van der Waals surface area contributed by atoms with Crippen molar-refractivity contribution >= 4 is 41.1 Å². The van der Waals surface area contributed by atoms with Crippen LogP contribution in [0.1, 0.15) is 16.8 Å². The van der Waals surface area contributed by atoms with Gasteiger partial charge < -0.3 is 10.1 Å². The van der Waals surface area contributed by atoms with Crippen LogP contribution in [0.5, 0.6) is 0 Å². The van der Waals surface area contributed by atoms with E-state index >= 15 is 0 Å². The smallest absolute Gasteiger partial charge is 0.311 e. The van der Waals surface area contributed by atoms with Gasteiger partial charge in [-0.2, -0.15) is 0 Å². The second-order valence-corrected chi connectivity index (χ2v) is 8.73. The minimum Gasteiger partial charge on any atom is -0.466 e. The quantitative estimate of drug-likeness (QED) is 0.565. The van der Waals surface area contributed by atoms with Gasteiger partial charge in [0.25, 0.3) is 0 Å². The first-order valence-electron chi connectivity index (χ1n) is 9.58. The third-order valence-corrected chi connectivity index (χ3v) is 6.41. The van der Waals surface area contributed by atoms with Gasteiger partial charge in [0.15, 0.2) is 0 Å². The van der Waals surface area contributed by atoms with Gasteiger partial charge in [-0.1, -0.05) is 66.4 Å². The third kappa shape index (κ3) is 4.80. The number of rotatable bonds is 6. The molecule has 5 nitrogen and oxygen atoms in total. The highest BCUT2D eigenvalue weighted by molar-refractivity contribution is 8.04. The van der Waals surface area contributed by atoms with E-state index in [1.807, 2.05) is 36.4 Å². The van der Waals surface area contributed by atoms with Crippen molar-refractivity contribution in [2.75, 3.05) is 12.4 Å². The molecule has 4 rings (SSSR count). The summed E-state index contributed by atoms with van der Waals surface area (Å²) in [5.41, 5.74) is 3.98. The highest BCUT2D eigenvalue weighted by Gasteiger charge is 2.19. The number of carbonyl (C=O) groups is 2. The zero-order chi connectivity index (χ0) is 20.9. The molecule has 152 valence electrons. The van der Waals surface area contributed by atoms with Crippen molar-refractivity contribution in [2.24, 2.45) is 0 Å². The van der Waals surface area contributed by atoms with Crippen LogP contribution < -0.4 is 5.32 Å². The van der Waals surface area contributed by atoms with Crippen LogP contribution in [0.4, 0.5) is 0 Å². The van der Waals surface area contributed by atoms with Gasteiger partial charge in [-0.25, -0.2) is 4.98 Å². The van der Waals surface area contributed by atoms with E-state index in [-0.39, 0.29) is 18.3 Å². The molecule has 1 saturated heterocycles. The predicted octanol–water partition coefficient (Wildman–Crippen LogP) is 4.74. The number of carbonyl (C=O) groups excluding carboxylic acids is 2. The maximum absolute atomic E-state index is 12.1. The molecule has 3 aromatic rings. The van der Waals surface area contributed by atoms with Crippen molar-refractivity contribution in [3.05, 3.63) is 69.5 Å². The van der Waals surface area contributed by atoms with E-state index in [4.69, 9.17) is 9.72 Å². The molecule has 0 saturated carbocycles. The molecule has 0 unspecified atom stereocenters. The first kappa shape index (κ1) is 20.4. The summed E-state index contributed by atoms with van der Waals surface area (Å²) in [7, 11) is 0. The Morgan fingerprint density at radius 1 is 1.10 bits per heavy atom. The van der Waals surface area contributed by atoms with Gasteiger partial charge in [0, 0.05) is 16.5 Å². The van der Waals surface area contributed by atoms with Crippen LogP contribution in [0.15, 0.2) is 59.6 Å². The molecule has 0 spiro atoms. The number of amides is 1. The number of thiazole rings is 1. The number of hydrogen-bond donors (Lipinski definition) is 1.